The Morgan fingerprint density at radius 3 is 2.24 bits per heavy atom. The highest BCUT2D eigenvalue weighted by atomic mass is 16.6. The second kappa shape index (κ2) is 9.15. The lowest BCUT2D eigenvalue weighted by Gasteiger charge is -2.46. The van der Waals surface area contributed by atoms with Crippen LogP contribution in [0.25, 0.3) is 0 Å². The Morgan fingerprint density at radius 2 is 1.59 bits per heavy atom. The minimum Gasteiger partial charge on any atom is -0.444 e. The number of nitrogens with zero attached hydrogens (tertiary/aromatic N) is 5. The van der Waals surface area contributed by atoms with Crippen molar-refractivity contribution in [2.45, 2.75) is 64.1 Å². The number of anilines is 1. The number of rotatable bonds is 2. The zero-order valence-electron chi connectivity index (χ0n) is 20.3. The summed E-state index contributed by atoms with van der Waals surface area (Å²) in [6, 6.07) is 7.43. The lowest BCUT2D eigenvalue weighted by Crippen LogP contribution is -2.59. The maximum Gasteiger partial charge on any atom is 0.410 e. The SMILES string of the molecule is CC(C)(C)OC(=O)N1CCN(C(=O)c2ccccc2N2C(N)=NC(N)=NC23CCCCC3)CC1. The predicted octanol–water partition coefficient (Wildman–Crippen LogP) is 2.49. The van der Waals surface area contributed by atoms with E-state index in [1.165, 1.54) is 0 Å². The quantitative estimate of drug-likeness (QED) is 0.684. The molecule has 0 atom stereocenters. The van der Waals surface area contributed by atoms with Gasteiger partial charge in [0.25, 0.3) is 5.91 Å². The molecule has 10 heteroatoms. The summed E-state index contributed by atoms with van der Waals surface area (Å²) in [6.45, 7) is 7.20. The van der Waals surface area contributed by atoms with Crippen molar-refractivity contribution >= 4 is 29.6 Å². The molecule has 0 aromatic heterocycles. The number of nitrogens with two attached hydrogens (primary N) is 2. The van der Waals surface area contributed by atoms with Crippen LogP contribution in [0.5, 0.6) is 0 Å². The van der Waals surface area contributed by atoms with Crippen molar-refractivity contribution in [2.24, 2.45) is 21.5 Å². The van der Waals surface area contributed by atoms with Gasteiger partial charge in [0.05, 0.1) is 11.3 Å². The molecule has 2 heterocycles. The molecule has 0 unspecified atom stereocenters. The van der Waals surface area contributed by atoms with Crippen molar-refractivity contribution in [3.05, 3.63) is 29.8 Å². The Morgan fingerprint density at radius 1 is 0.971 bits per heavy atom. The molecular weight excluding hydrogens is 434 g/mol. The second-order valence-electron chi connectivity index (χ2n) is 10.1. The molecule has 1 aromatic rings. The van der Waals surface area contributed by atoms with Crippen molar-refractivity contribution in [1.82, 2.24) is 9.80 Å². The van der Waals surface area contributed by atoms with Crippen LogP contribution < -0.4 is 16.4 Å². The van der Waals surface area contributed by atoms with E-state index in [2.05, 4.69) is 4.99 Å². The van der Waals surface area contributed by atoms with Gasteiger partial charge in [0.1, 0.15) is 11.3 Å². The highest BCUT2D eigenvalue weighted by Crippen LogP contribution is 2.40. The third-order valence-corrected chi connectivity index (χ3v) is 6.45. The van der Waals surface area contributed by atoms with Gasteiger partial charge in [-0.2, -0.15) is 4.99 Å². The van der Waals surface area contributed by atoms with Crippen LogP contribution in [0, 0.1) is 0 Å². The number of hydrogen-bond donors (Lipinski definition) is 2. The van der Waals surface area contributed by atoms with Crippen LogP contribution in [-0.2, 0) is 4.74 Å². The number of carbonyl (C=O) groups excluding carboxylic acids is 2. The summed E-state index contributed by atoms with van der Waals surface area (Å²) in [7, 11) is 0. The summed E-state index contributed by atoms with van der Waals surface area (Å²) < 4.78 is 5.47. The Kier molecular flexibility index (Phi) is 6.42. The summed E-state index contributed by atoms with van der Waals surface area (Å²) in [5.41, 5.74) is 12.4. The molecule has 2 aliphatic heterocycles. The Balaban J connectivity index is 1.56. The molecule has 0 bridgehead atoms. The van der Waals surface area contributed by atoms with E-state index in [1.807, 2.05) is 49.9 Å². The average Bonchev–Trinajstić information content (AvgIpc) is 2.78. The van der Waals surface area contributed by atoms with Gasteiger partial charge in [-0.05, 0) is 58.6 Å². The molecule has 1 aliphatic carbocycles. The van der Waals surface area contributed by atoms with E-state index in [0.29, 0.717) is 37.4 Å². The molecule has 4 rings (SSSR count). The number of piperazine rings is 1. The molecule has 1 spiro atoms. The smallest absolute Gasteiger partial charge is 0.410 e. The molecule has 1 aromatic carbocycles. The van der Waals surface area contributed by atoms with Crippen LogP contribution in [0.3, 0.4) is 0 Å². The van der Waals surface area contributed by atoms with E-state index in [0.717, 1.165) is 32.1 Å². The number of benzene rings is 1. The number of aliphatic imine (C=N–C) groups is 2. The number of amides is 2. The molecule has 2 fully saturated rings. The maximum atomic E-state index is 13.6. The fourth-order valence-corrected chi connectivity index (χ4v) is 4.91. The van der Waals surface area contributed by atoms with Gasteiger partial charge in [0.15, 0.2) is 0 Å². The van der Waals surface area contributed by atoms with Gasteiger partial charge in [0, 0.05) is 26.2 Å². The molecule has 184 valence electrons. The van der Waals surface area contributed by atoms with E-state index in [-0.39, 0.29) is 23.9 Å². The zero-order valence-corrected chi connectivity index (χ0v) is 20.3. The first-order valence-electron chi connectivity index (χ1n) is 12.0. The summed E-state index contributed by atoms with van der Waals surface area (Å²) in [6.07, 6.45) is 4.37. The Hall–Kier alpha value is -3.30. The topological polar surface area (TPSA) is 130 Å². The van der Waals surface area contributed by atoms with Crippen LogP contribution in [0.2, 0.25) is 0 Å². The van der Waals surface area contributed by atoms with Crippen molar-refractivity contribution in [2.75, 3.05) is 31.1 Å². The molecule has 3 aliphatic rings. The standard InChI is InChI=1S/C24H35N7O3/c1-23(2,3)34-22(33)30-15-13-29(14-16-30)19(32)17-9-5-6-10-18(17)31-21(26)27-20(25)28-24(31)11-7-4-8-12-24/h5-6,9-10H,4,7-8,11-16H2,1-3H3,(H4,25,26,27,28). The molecule has 4 N–H and O–H groups in total. The van der Waals surface area contributed by atoms with Crippen LogP contribution in [0.1, 0.15) is 63.2 Å². The lowest BCUT2D eigenvalue weighted by atomic mass is 9.87. The monoisotopic (exact) mass is 469 g/mol. The van der Waals surface area contributed by atoms with E-state index in [1.54, 1.807) is 9.80 Å². The van der Waals surface area contributed by atoms with Gasteiger partial charge in [-0.3, -0.25) is 9.69 Å². The molecule has 34 heavy (non-hydrogen) atoms. The van der Waals surface area contributed by atoms with Gasteiger partial charge < -0.3 is 26.0 Å². The third-order valence-electron chi connectivity index (χ3n) is 6.45. The first-order valence-corrected chi connectivity index (χ1v) is 12.0. The number of para-hydroxylation sites is 1. The molecule has 10 nitrogen and oxygen atoms in total. The molecule has 2 amide bonds. The normalized spacial score (nSPS) is 20.6. The van der Waals surface area contributed by atoms with Crippen molar-refractivity contribution in [1.29, 1.82) is 0 Å². The van der Waals surface area contributed by atoms with Crippen LogP contribution in [-0.4, -0.2) is 71.2 Å². The van der Waals surface area contributed by atoms with Gasteiger partial charge in [-0.25, -0.2) is 9.79 Å². The highest BCUT2D eigenvalue weighted by Gasteiger charge is 2.44. The molecule has 1 saturated carbocycles. The fourth-order valence-electron chi connectivity index (χ4n) is 4.91. The number of hydrogen-bond acceptors (Lipinski definition) is 8. The van der Waals surface area contributed by atoms with Gasteiger partial charge in [-0.1, -0.05) is 18.6 Å². The zero-order chi connectivity index (χ0) is 24.5. The molecule has 0 radical (unpaired) electrons. The van der Waals surface area contributed by atoms with Crippen molar-refractivity contribution in [3.8, 4) is 0 Å². The Bertz CT molecular complexity index is 1000. The number of carbonyl (C=O) groups is 2. The first-order chi connectivity index (χ1) is 16.1. The van der Waals surface area contributed by atoms with Gasteiger partial charge in [-0.15, -0.1) is 0 Å². The second-order valence-corrected chi connectivity index (χ2v) is 10.1. The summed E-state index contributed by atoms with van der Waals surface area (Å²) >= 11 is 0. The molecular formula is C24H35N7O3. The van der Waals surface area contributed by atoms with Crippen LogP contribution in [0.15, 0.2) is 34.3 Å². The van der Waals surface area contributed by atoms with Crippen molar-refractivity contribution < 1.29 is 14.3 Å². The first kappa shape index (κ1) is 23.8. The van der Waals surface area contributed by atoms with Gasteiger partial charge in [0.2, 0.25) is 11.9 Å². The summed E-state index contributed by atoms with van der Waals surface area (Å²) in [5, 5.41) is 0. The van der Waals surface area contributed by atoms with Crippen LogP contribution >= 0.6 is 0 Å². The van der Waals surface area contributed by atoms with E-state index in [4.69, 9.17) is 21.2 Å². The number of guanidine groups is 2. The summed E-state index contributed by atoms with van der Waals surface area (Å²) in [5.74, 6) is 0.322. The lowest BCUT2D eigenvalue weighted by molar-refractivity contribution is 0.0141. The van der Waals surface area contributed by atoms with Crippen molar-refractivity contribution in [3.63, 3.8) is 0 Å². The minimum absolute atomic E-state index is 0.110. The third kappa shape index (κ3) is 4.80. The fraction of sp³-hybridized carbons (Fsp3) is 0.583. The molecule has 1 saturated heterocycles. The van der Waals surface area contributed by atoms with E-state index >= 15 is 0 Å². The van der Waals surface area contributed by atoms with Crippen LogP contribution in [0.4, 0.5) is 10.5 Å². The maximum absolute atomic E-state index is 13.6. The Labute approximate surface area is 200 Å². The predicted molar refractivity (Wildman–Crippen MR) is 132 cm³/mol. The largest absolute Gasteiger partial charge is 0.444 e. The highest BCUT2D eigenvalue weighted by molar-refractivity contribution is 6.10. The minimum atomic E-state index is -0.625. The number of ether oxygens (including phenoxy) is 1. The van der Waals surface area contributed by atoms with Gasteiger partial charge >= 0.3 is 6.09 Å². The van der Waals surface area contributed by atoms with E-state index in [9.17, 15) is 9.59 Å². The van der Waals surface area contributed by atoms with E-state index < -0.39 is 11.3 Å². The average molecular weight is 470 g/mol. The summed E-state index contributed by atoms with van der Waals surface area (Å²) in [4.78, 5) is 40.3.